The topological polar surface area (TPSA) is 44.4 Å². The lowest BCUT2D eigenvalue weighted by Gasteiger charge is -2.23. The molecule has 124 valence electrons. The molecule has 1 aliphatic rings. The minimum atomic E-state index is 0.220. The molecule has 0 aliphatic carbocycles. The molecule has 1 rings (SSSR count). The molecular formula is C17H35N3O. The summed E-state index contributed by atoms with van der Waals surface area (Å²) in [7, 11) is 0. The van der Waals surface area contributed by atoms with Crippen LogP contribution in [0.1, 0.15) is 65.7 Å². The summed E-state index contributed by atoms with van der Waals surface area (Å²) >= 11 is 0. The second kappa shape index (κ2) is 11.0. The van der Waals surface area contributed by atoms with Gasteiger partial charge in [-0.2, -0.15) is 0 Å². The van der Waals surface area contributed by atoms with Gasteiger partial charge in [0.2, 0.25) is 5.91 Å². The van der Waals surface area contributed by atoms with Crippen molar-refractivity contribution in [2.45, 2.75) is 77.8 Å². The average Bonchev–Trinajstić information content (AvgIpc) is 2.50. The van der Waals surface area contributed by atoms with E-state index in [2.05, 4.69) is 36.3 Å². The maximum atomic E-state index is 12.0. The first-order valence-corrected chi connectivity index (χ1v) is 8.90. The zero-order valence-electron chi connectivity index (χ0n) is 14.3. The molecule has 0 spiro atoms. The second-order valence-corrected chi connectivity index (χ2v) is 6.32. The summed E-state index contributed by atoms with van der Waals surface area (Å²) in [6, 6.07) is 0.856. The van der Waals surface area contributed by atoms with E-state index in [4.69, 9.17) is 0 Å². The van der Waals surface area contributed by atoms with Crippen LogP contribution in [-0.4, -0.2) is 49.1 Å². The van der Waals surface area contributed by atoms with Crippen LogP contribution in [0.2, 0.25) is 0 Å². The Bertz CT molecular complexity index is 273. The highest BCUT2D eigenvalue weighted by molar-refractivity contribution is 5.76. The number of amides is 1. The number of carbonyl (C=O) groups excluding carboxylic acids is 1. The smallest absolute Gasteiger partial charge is 0.220 e. The summed E-state index contributed by atoms with van der Waals surface area (Å²) in [6.07, 6.45) is 7.70. The molecule has 21 heavy (non-hydrogen) atoms. The molecule has 0 bridgehead atoms. The van der Waals surface area contributed by atoms with Crippen molar-refractivity contribution in [1.29, 1.82) is 0 Å². The Kier molecular flexibility index (Phi) is 9.68. The molecule has 1 saturated heterocycles. The predicted molar refractivity (Wildman–Crippen MR) is 89.5 cm³/mol. The fraction of sp³-hybridized carbons (Fsp3) is 0.941. The van der Waals surface area contributed by atoms with Crippen molar-refractivity contribution >= 4 is 5.91 Å². The number of nitrogens with one attached hydrogen (secondary N) is 2. The molecule has 0 saturated carbocycles. The third-order valence-corrected chi connectivity index (χ3v) is 4.55. The quantitative estimate of drug-likeness (QED) is 0.651. The molecule has 1 amide bonds. The molecule has 4 nitrogen and oxygen atoms in total. The monoisotopic (exact) mass is 297 g/mol. The number of carbonyl (C=O) groups is 1. The first kappa shape index (κ1) is 18.4. The van der Waals surface area contributed by atoms with Gasteiger partial charge >= 0.3 is 0 Å². The molecule has 2 N–H and O–H groups in total. The lowest BCUT2D eigenvalue weighted by atomic mass is 10.0. The van der Waals surface area contributed by atoms with Crippen LogP contribution in [0.25, 0.3) is 0 Å². The van der Waals surface area contributed by atoms with Gasteiger partial charge in [-0.15, -0.1) is 0 Å². The highest BCUT2D eigenvalue weighted by Gasteiger charge is 2.15. The molecule has 0 aromatic rings. The molecule has 2 unspecified atom stereocenters. The van der Waals surface area contributed by atoms with Crippen molar-refractivity contribution in [3.8, 4) is 0 Å². The van der Waals surface area contributed by atoms with Gasteiger partial charge in [-0.1, -0.05) is 20.3 Å². The highest BCUT2D eigenvalue weighted by atomic mass is 16.1. The van der Waals surface area contributed by atoms with Crippen LogP contribution < -0.4 is 10.6 Å². The maximum absolute atomic E-state index is 12.0. The third kappa shape index (κ3) is 8.42. The van der Waals surface area contributed by atoms with E-state index in [9.17, 15) is 4.79 Å². The molecule has 0 radical (unpaired) electrons. The van der Waals surface area contributed by atoms with Crippen molar-refractivity contribution < 1.29 is 4.79 Å². The van der Waals surface area contributed by atoms with E-state index in [0.717, 1.165) is 45.4 Å². The van der Waals surface area contributed by atoms with Crippen LogP contribution in [0, 0.1) is 0 Å². The van der Waals surface area contributed by atoms with Gasteiger partial charge in [0.25, 0.3) is 0 Å². The SMILES string of the molecule is CCN(CC)CCCC(C)NC(=O)CCC1CCCCN1. The Hall–Kier alpha value is -0.610. The van der Waals surface area contributed by atoms with Crippen LogP contribution in [0.5, 0.6) is 0 Å². The van der Waals surface area contributed by atoms with E-state index < -0.39 is 0 Å². The van der Waals surface area contributed by atoms with Crippen molar-refractivity contribution in [3.05, 3.63) is 0 Å². The van der Waals surface area contributed by atoms with Gasteiger partial charge in [-0.25, -0.2) is 0 Å². The van der Waals surface area contributed by atoms with Gasteiger partial charge in [0.1, 0.15) is 0 Å². The standard InChI is InChI=1S/C17H35N3O/c1-4-20(5-2)14-8-9-15(3)19-17(21)12-11-16-10-6-7-13-18-16/h15-16,18H,4-14H2,1-3H3,(H,19,21). The highest BCUT2D eigenvalue weighted by Crippen LogP contribution is 2.11. The van der Waals surface area contributed by atoms with Crippen molar-refractivity contribution in [3.63, 3.8) is 0 Å². The first-order valence-electron chi connectivity index (χ1n) is 8.90. The van der Waals surface area contributed by atoms with Crippen LogP contribution in [0.15, 0.2) is 0 Å². The minimum Gasteiger partial charge on any atom is -0.354 e. The molecule has 1 fully saturated rings. The molecular weight excluding hydrogens is 262 g/mol. The van der Waals surface area contributed by atoms with Crippen molar-refractivity contribution in [1.82, 2.24) is 15.5 Å². The summed E-state index contributed by atoms with van der Waals surface area (Å²) in [5.74, 6) is 0.220. The third-order valence-electron chi connectivity index (χ3n) is 4.55. The van der Waals surface area contributed by atoms with Gasteiger partial charge in [-0.3, -0.25) is 4.79 Å². The Morgan fingerprint density at radius 1 is 1.33 bits per heavy atom. The van der Waals surface area contributed by atoms with E-state index in [1.807, 2.05) is 0 Å². The predicted octanol–water partition coefficient (Wildman–Crippen LogP) is 2.54. The number of rotatable bonds is 10. The number of nitrogens with zero attached hydrogens (tertiary/aromatic N) is 1. The van der Waals surface area contributed by atoms with Crippen LogP contribution in [0.3, 0.4) is 0 Å². The fourth-order valence-corrected chi connectivity index (χ4v) is 3.06. The molecule has 4 heteroatoms. The van der Waals surface area contributed by atoms with Crippen molar-refractivity contribution in [2.24, 2.45) is 0 Å². The van der Waals surface area contributed by atoms with E-state index in [1.54, 1.807) is 0 Å². The average molecular weight is 297 g/mol. The van der Waals surface area contributed by atoms with Crippen LogP contribution in [-0.2, 0) is 4.79 Å². The number of hydrogen-bond acceptors (Lipinski definition) is 3. The lowest BCUT2D eigenvalue weighted by molar-refractivity contribution is -0.122. The molecule has 1 aliphatic heterocycles. The Morgan fingerprint density at radius 2 is 2.10 bits per heavy atom. The van der Waals surface area contributed by atoms with Crippen LogP contribution >= 0.6 is 0 Å². The van der Waals surface area contributed by atoms with E-state index in [-0.39, 0.29) is 5.91 Å². The Labute approximate surface area is 131 Å². The first-order chi connectivity index (χ1) is 10.2. The van der Waals surface area contributed by atoms with E-state index in [1.165, 1.54) is 19.3 Å². The maximum Gasteiger partial charge on any atom is 0.220 e. The summed E-state index contributed by atoms with van der Waals surface area (Å²) in [4.78, 5) is 14.4. The van der Waals surface area contributed by atoms with Gasteiger partial charge in [0, 0.05) is 18.5 Å². The summed E-state index contributed by atoms with van der Waals surface area (Å²) in [6.45, 7) is 11.0. The zero-order valence-corrected chi connectivity index (χ0v) is 14.3. The molecule has 1 heterocycles. The van der Waals surface area contributed by atoms with Gasteiger partial charge in [-0.05, 0) is 65.2 Å². The van der Waals surface area contributed by atoms with Gasteiger partial charge in [0.15, 0.2) is 0 Å². The van der Waals surface area contributed by atoms with Gasteiger partial charge < -0.3 is 15.5 Å². The molecule has 0 aromatic heterocycles. The zero-order chi connectivity index (χ0) is 15.5. The van der Waals surface area contributed by atoms with E-state index >= 15 is 0 Å². The fourth-order valence-electron chi connectivity index (χ4n) is 3.06. The Balaban J connectivity index is 2.06. The van der Waals surface area contributed by atoms with Crippen molar-refractivity contribution in [2.75, 3.05) is 26.2 Å². The largest absolute Gasteiger partial charge is 0.354 e. The number of hydrogen-bond donors (Lipinski definition) is 2. The molecule has 2 atom stereocenters. The van der Waals surface area contributed by atoms with E-state index in [0.29, 0.717) is 18.5 Å². The Morgan fingerprint density at radius 3 is 2.71 bits per heavy atom. The van der Waals surface area contributed by atoms with Gasteiger partial charge in [0.05, 0.1) is 0 Å². The summed E-state index contributed by atoms with van der Waals surface area (Å²) in [5.41, 5.74) is 0. The summed E-state index contributed by atoms with van der Waals surface area (Å²) < 4.78 is 0. The number of piperidine rings is 1. The normalized spacial score (nSPS) is 20.5. The molecule has 0 aromatic carbocycles. The second-order valence-electron chi connectivity index (χ2n) is 6.32. The summed E-state index contributed by atoms with van der Waals surface area (Å²) in [5, 5.41) is 6.65. The lowest BCUT2D eigenvalue weighted by Crippen LogP contribution is -2.37. The minimum absolute atomic E-state index is 0.220. The van der Waals surface area contributed by atoms with Crippen LogP contribution in [0.4, 0.5) is 0 Å².